The second-order valence-electron chi connectivity index (χ2n) is 12.4. The van der Waals surface area contributed by atoms with E-state index < -0.39 is 34.2 Å². The Labute approximate surface area is 293 Å². The summed E-state index contributed by atoms with van der Waals surface area (Å²) in [5, 5.41) is 31.7. The van der Waals surface area contributed by atoms with Gasteiger partial charge in [0.25, 0.3) is 0 Å². The molecule has 2 aromatic heterocycles. The number of tetrazole rings is 1. The summed E-state index contributed by atoms with van der Waals surface area (Å²) in [6.45, 7) is 4.26. The molecule has 3 fully saturated rings. The molecule has 0 unspecified atom stereocenters. The van der Waals surface area contributed by atoms with Gasteiger partial charge in [0, 0.05) is 11.0 Å². The number of hydrogen-bond donors (Lipinski definition) is 9. The van der Waals surface area contributed by atoms with Gasteiger partial charge < -0.3 is 10.0 Å². The highest BCUT2D eigenvalue weighted by Gasteiger charge is 2.85. The summed E-state index contributed by atoms with van der Waals surface area (Å²) in [5.74, 6) is 0.569. The van der Waals surface area contributed by atoms with Gasteiger partial charge >= 0.3 is 0 Å². The number of benzene rings is 1. The quantitative estimate of drug-likeness (QED) is 0.121. The van der Waals surface area contributed by atoms with E-state index in [9.17, 15) is 5.11 Å². The summed E-state index contributed by atoms with van der Waals surface area (Å²) < 4.78 is 13.1. The Morgan fingerprint density at radius 2 is 1.70 bits per heavy atom. The van der Waals surface area contributed by atoms with E-state index in [-0.39, 0.29) is 22.8 Å². The summed E-state index contributed by atoms with van der Waals surface area (Å²) >= 11 is 36.6. The number of rotatable bonds is 6. The van der Waals surface area contributed by atoms with Crippen LogP contribution in [-0.4, -0.2) is 65.7 Å². The minimum Gasteiger partial charge on any atom is -0.507 e. The van der Waals surface area contributed by atoms with E-state index in [1.165, 1.54) is 12.3 Å². The smallest absolute Gasteiger partial charge is 0.213 e. The number of aromatic hydroxyl groups is 1. The van der Waals surface area contributed by atoms with Gasteiger partial charge in [-0.05, 0) is 48.4 Å². The van der Waals surface area contributed by atoms with Crippen LogP contribution in [0.5, 0.6) is 5.75 Å². The summed E-state index contributed by atoms with van der Waals surface area (Å²) in [6, 6.07) is 4.16. The van der Waals surface area contributed by atoms with Crippen LogP contribution >= 0.6 is 101 Å². The Morgan fingerprint density at radius 1 is 1.00 bits per heavy atom. The molecule has 3 saturated carbocycles. The van der Waals surface area contributed by atoms with Gasteiger partial charge in [-0.3, -0.25) is 0 Å². The van der Waals surface area contributed by atoms with Gasteiger partial charge in [0.1, 0.15) is 25.0 Å². The van der Waals surface area contributed by atoms with Gasteiger partial charge in [-0.15, -0.1) is 75.7 Å². The molecule has 0 aliphatic heterocycles. The van der Waals surface area contributed by atoms with E-state index in [0.717, 1.165) is 30.5 Å². The predicted octanol–water partition coefficient (Wildman–Crippen LogP) is 5.51. The molecule has 43 heavy (non-hydrogen) atoms. The van der Waals surface area contributed by atoms with Gasteiger partial charge in [-0.25, -0.2) is 9.37 Å². The predicted molar refractivity (Wildman–Crippen MR) is 192 cm³/mol. The fourth-order valence-electron chi connectivity index (χ4n) is 6.97. The van der Waals surface area contributed by atoms with E-state index >= 15 is 4.39 Å². The maximum atomic E-state index is 16.6. The highest BCUT2D eigenvalue weighted by molar-refractivity contribution is 8.15. The van der Waals surface area contributed by atoms with Crippen LogP contribution in [0.2, 0.25) is 0 Å². The van der Waals surface area contributed by atoms with Crippen molar-refractivity contribution in [2.75, 3.05) is 4.90 Å². The van der Waals surface area contributed by atoms with Gasteiger partial charge in [-0.1, -0.05) is 26.3 Å². The number of nitrogens with zero attached hydrogens (tertiary/aromatic N) is 8. The Balaban J connectivity index is 1.35. The zero-order valence-electron chi connectivity index (χ0n) is 23.0. The van der Waals surface area contributed by atoms with Crippen molar-refractivity contribution >= 4 is 107 Å². The second kappa shape index (κ2) is 10.6. The van der Waals surface area contributed by atoms with Crippen LogP contribution < -0.4 is 4.90 Å². The molecule has 2 heterocycles. The Hall–Kier alpha value is -0.370. The first-order valence-electron chi connectivity index (χ1n) is 13.4. The fraction of sp³-hybridized carbons (Fsp3) is 0.600. The molecule has 2 bridgehead atoms. The summed E-state index contributed by atoms with van der Waals surface area (Å²) in [7, 11) is 0. The van der Waals surface area contributed by atoms with E-state index in [4.69, 9.17) is 63.1 Å². The molecule has 18 heteroatoms. The summed E-state index contributed by atoms with van der Waals surface area (Å²) in [6.07, 6.45) is 4.53. The molecular weight excluding hydrogens is 704 g/mol. The largest absolute Gasteiger partial charge is 0.507 e. The second-order valence-corrected chi connectivity index (χ2v) is 19.5. The first kappa shape index (κ1) is 32.6. The highest BCUT2D eigenvalue weighted by atomic mass is 32.2. The van der Waals surface area contributed by atoms with Gasteiger partial charge in [0.2, 0.25) is 9.36 Å². The Kier molecular flexibility index (Phi) is 8.01. The average Bonchev–Trinajstić information content (AvgIpc) is 3.29. The van der Waals surface area contributed by atoms with Crippen molar-refractivity contribution in [2.24, 2.45) is 10.8 Å². The standard InChI is InChI=1S/C25H31FN8OS8/c1-20-6-3-7-21(2,11-20)17(26)14(9-20)33(22(36)23(37,38)24(22,39)40)16-10-27-19(29-28-16)13-5-4-12(8-15(13)35)18-30-32-34(31-18)25(41,42)43/h4-5,8,10,14,17,35-43H,3,6-7,9,11H2,1-2H3/t14-,17-,20-,21-/m0/s1. The monoisotopic (exact) mass is 734 g/mol. The maximum absolute atomic E-state index is 16.6. The molecule has 6 rings (SSSR count). The van der Waals surface area contributed by atoms with Crippen molar-refractivity contribution < 1.29 is 9.50 Å². The molecule has 0 amide bonds. The number of alkyl halides is 1. The number of halogens is 1. The number of thiol groups is 8. The number of aromatic nitrogens is 7. The third kappa shape index (κ3) is 5.06. The van der Waals surface area contributed by atoms with E-state index in [1.54, 1.807) is 17.0 Å². The molecule has 0 radical (unpaired) electrons. The normalized spacial score (nSPS) is 30.6. The van der Waals surface area contributed by atoms with E-state index in [1.807, 2.05) is 6.92 Å². The van der Waals surface area contributed by atoms with Crippen molar-refractivity contribution in [1.29, 1.82) is 0 Å². The highest BCUT2D eigenvalue weighted by Crippen LogP contribution is 2.76. The van der Waals surface area contributed by atoms with Crippen LogP contribution in [0.1, 0.15) is 46.0 Å². The molecule has 0 spiro atoms. The lowest BCUT2D eigenvalue weighted by atomic mass is 9.54. The SMILES string of the molecule is C[C@@]12CCC[C@@](C)(C1)[C@@H](F)[C@@H](N(c1cnc(-c3ccc(-c4nnn(C(S)(S)S)n4)cc3O)nn1)C1(S)C(S)(S)C1(S)S)C2. The van der Waals surface area contributed by atoms with Gasteiger partial charge in [0.15, 0.2) is 11.6 Å². The lowest BCUT2D eigenvalue weighted by Crippen LogP contribution is -2.61. The van der Waals surface area contributed by atoms with Crippen LogP contribution in [0.3, 0.4) is 0 Å². The van der Waals surface area contributed by atoms with Crippen molar-refractivity contribution in [1.82, 2.24) is 35.4 Å². The number of anilines is 1. The molecule has 0 saturated heterocycles. The number of phenolic OH excluding ortho intramolecular Hbond substituents is 1. The fourth-order valence-corrected chi connectivity index (χ4v) is 9.99. The Bertz CT molecular complexity index is 1560. The minimum absolute atomic E-state index is 0.0497. The molecule has 1 aromatic carbocycles. The number of phenols is 1. The third-order valence-corrected chi connectivity index (χ3v) is 14.6. The number of fused-ring (bicyclic) bond motifs is 2. The van der Waals surface area contributed by atoms with Crippen molar-refractivity contribution in [2.45, 2.75) is 74.7 Å². The molecule has 232 valence electrons. The van der Waals surface area contributed by atoms with Crippen LogP contribution in [-0.2, 0) is 3.54 Å². The van der Waals surface area contributed by atoms with Crippen molar-refractivity contribution in [3.8, 4) is 28.5 Å². The van der Waals surface area contributed by atoms with E-state index in [0.29, 0.717) is 23.4 Å². The van der Waals surface area contributed by atoms with Crippen LogP contribution in [0.25, 0.3) is 22.8 Å². The molecular formula is C25H31FN8OS8. The zero-order chi connectivity index (χ0) is 31.4. The molecule has 9 nitrogen and oxygen atoms in total. The third-order valence-electron chi connectivity index (χ3n) is 9.12. The number of hydrogen-bond acceptors (Lipinski definition) is 16. The minimum atomic E-state index is -1.25. The maximum Gasteiger partial charge on any atom is 0.213 e. The molecule has 3 aliphatic rings. The zero-order valence-corrected chi connectivity index (χ0v) is 30.1. The first-order valence-corrected chi connectivity index (χ1v) is 17.0. The van der Waals surface area contributed by atoms with Crippen molar-refractivity contribution in [3.05, 3.63) is 24.4 Å². The average molecular weight is 735 g/mol. The lowest BCUT2D eigenvalue weighted by molar-refractivity contribution is -0.0558. The van der Waals surface area contributed by atoms with Crippen LogP contribution in [0, 0.1) is 10.8 Å². The molecule has 3 aliphatic carbocycles. The van der Waals surface area contributed by atoms with Crippen LogP contribution in [0.15, 0.2) is 24.4 Å². The molecule has 1 N–H and O–H groups in total. The Morgan fingerprint density at radius 3 is 2.26 bits per heavy atom. The van der Waals surface area contributed by atoms with Gasteiger partial charge in [-0.2, -0.15) is 50.5 Å². The summed E-state index contributed by atoms with van der Waals surface area (Å²) in [4.78, 5) is 6.22. The lowest BCUT2D eigenvalue weighted by Gasteiger charge is -2.57. The molecule has 4 atom stereocenters. The van der Waals surface area contributed by atoms with E-state index in [2.05, 4.69) is 75.4 Å². The van der Waals surface area contributed by atoms with Crippen molar-refractivity contribution in [3.63, 3.8) is 0 Å². The van der Waals surface area contributed by atoms with Crippen LogP contribution in [0.4, 0.5) is 10.2 Å². The first-order chi connectivity index (χ1) is 19.8. The van der Waals surface area contributed by atoms with Gasteiger partial charge in [0.05, 0.1) is 17.8 Å². The molecule has 3 aromatic rings. The topological polar surface area (TPSA) is 106 Å². The summed E-state index contributed by atoms with van der Waals surface area (Å²) in [5.41, 5.74) is 0.268.